The van der Waals surface area contributed by atoms with E-state index >= 15 is 0 Å². The van der Waals surface area contributed by atoms with E-state index in [9.17, 15) is 4.79 Å². The molecule has 1 spiro atoms. The number of aldehydes is 1. The van der Waals surface area contributed by atoms with Gasteiger partial charge in [0.1, 0.15) is 6.29 Å². The fourth-order valence-corrected chi connectivity index (χ4v) is 2.52. The highest BCUT2D eigenvalue weighted by molar-refractivity contribution is 5.51. The van der Waals surface area contributed by atoms with Gasteiger partial charge in [0.2, 0.25) is 0 Å². The number of carbonyl (C=O) groups excluding carboxylic acids is 1. The molecule has 12 heavy (non-hydrogen) atoms. The number of rotatable bonds is 2. The van der Waals surface area contributed by atoms with E-state index in [1.54, 1.807) is 0 Å². The van der Waals surface area contributed by atoms with E-state index in [1.807, 2.05) is 0 Å². The number of carbonyl (C=O) groups is 1. The Bertz CT molecular complexity index is 169. The van der Waals surface area contributed by atoms with Crippen LogP contribution in [0, 0.1) is 11.3 Å². The maximum absolute atomic E-state index is 10.3. The van der Waals surface area contributed by atoms with Crippen molar-refractivity contribution in [3.63, 3.8) is 0 Å². The molecular formula is C10H16O2. The third-order valence-electron chi connectivity index (χ3n) is 3.45. The minimum absolute atomic E-state index is 0.525. The van der Waals surface area contributed by atoms with Crippen LogP contribution in [0.15, 0.2) is 0 Å². The van der Waals surface area contributed by atoms with Crippen molar-refractivity contribution in [1.82, 2.24) is 0 Å². The van der Waals surface area contributed by atoms with E-state index in [-0.39, 0.29) is 0 Å². The number of ether oxygens (including phenoxy) is 1. The normalized spacial score (nSPS) is 40.8. The summed E-state index contributed by atoms with van der Waals surface area (Å²) < 4.78 is 5.41. The first-order valence-electron chi connectivity index (χ1n) is 4.89. The smallest absolute Gasteiger partial charge is 0.120 e. The Morgan fingerprint density at radius 3 is 3.17 bits per heavy atom. The maximum atomic E-state index is 10.3. The highest BCUT2D eigenvalue weighted by Gasteiger charge is 2.52. The van der Waals surface area contributed by atoms with E-state index in [1.165, 1.54) is 25.7 Å². The predicted octanol–water partition coefficient (Wildman–Crippen LogP) is 1.78. The molecule has 2 unspecified atom stereocenters. The lowest BCUT2D eigenvalue weighted by Crippen LogP contribution is -2.04. The van der Waals surface area contributed by atoms with Gasteiger partial charge in [-0.1, -0.05) is 0 Å². The fourth-order valence-electron chi connectivity index (χ4n) is 2.52. The van der Waals surface area contributed by atoms with E-state index in [4.69, 9.17) is 4.74 Å². The molecule has 0 aromatic heterocycles. The molecule has 0 N–H and O–H groups in total. The zero-order chi connectivity index (χ0) is 8.44. The molecule has 0 bridgehead atoms. The van der Waals surface area contributed by atoms with Gasteiger partial charge in [0.25, 0.3) is 0 Å². The maximum Gasteiger partial charge on any atom is 0.120 e. The summed E-state index contributed by atoms with van der Waals surface area (Å²) in [6.07, 6.45) is 6.78. The lowest BCUT2D eigenvalue weighted by Gasteiger charge is -2.11. The summed E-state index contributed by atoms with van der Waals surface area (Å²) in [4.78, 5) is 10.3. The Balaban J connectivity index is 1.89. The molecule has 2 rings (SSSR count). The van der Waals surface area contributed by atoms with Crippen molar-refractivity contribution in [1.29, 1.82) is 0 Å². The van der Waals surface area contributed by atoms with Gasteiger partial charge in [-0.2, -0.15) is 0 Å². The molecular weight excluding hydrogens is 152 g/mol. The summed E-state index contributed by atoms with van der Waals surface area (Å²) in [6.45, 7) is 1.84. The Kier molecular flexibility index (Phi) is 2.18. The monoisotopic (exact) mass is 168 g/mol. The minimum Gasteiger partial charge on any atom is -0.381 e. The van der Waals surface area contributed by atoms with Crippen LogP contribution >= 0.6 is 0 Å². The van der Waals surface area contributed by atoms with Crippen molar-refractivity contribution in [3.8, 4) is 0 Å². The van der Waals surface area contributed by atoms with Gasteiger partial charge in [-0.3, -0.25) is 0 Å². The lowest BCUT2D eigenvalue weighted by molar-refractivity contribution is -0.108. The molecule has 2 fully saturated rings. The Labute approximate surface area is 73.3 Å². The second-order valence-corrected chi connectivity index (χ2v) is 4.13. The van der Waals surface area contributed by atoms with Crippen LogP contribution in [0.4, 0.5) is 0 Å². The van der Waals surface area contributed by atoms with Gasteiger partial charge in [-0.25, -0.2) is 0 Å². The van der Waals surface area contributed by atoms with Crippen molar-refractivity contribution < 1.29 is 9.53 Å². The van der Waals surface area contributed by atoms with Crippen LogP contribution < -0.4 is 0 Å². The highest BCUT2D eigenvalue weighted by Crippen LogP contribution is 2.60. The van der Waals surface area contributed by atoms with Crippen LogP contribution in [0.2, 0.25) is 0 Å². The first-order chi connectivity index (χ1) is 5.87. The second kappa shape index (κ2) is 3.17. The van der Waals surface area contributed by atoms with Gasteiger partial charge in [0.05, 0.1) is 0 Å². The van der Waals surface area contributed by atoms with Gasteiger partial charge >= 0.3 is 0 Å². The van der Waals surface area contributed by atoms with Crippen LogP contribution in [0.25, 0.3) is 0 Å². The molecule has 0 amide bonds. The second-order valence-electron chi connectivity index (χ2n) is 4.13. The Morgan fingerprint density at radius 2 is 2.33 bits per heavy atom. The lowest BCUT2D eigenvalue weighted by atomic mass is 9.93. The molecule has 0 aromatic rings. The zero-order valence-electron chi connectivity index (χ0n) is 7.42. The summed E-state index contributed by atoms with van der Waals surface area (Å²) in [5, 5.41) is 0. The van der Waals surface area contributed by atoms with Crippen molar-refractivity contribution in [2.24, 2.45) is 11.3 Å². The summed E-state index contributed by atoms with van der Waals surface area (Å²) in [6, 6.07) is 0. The summed E-state index contributed by atoms with van der Waals surface area (Å²) in [5.74, 6) is 0.691. The van der Waals surface area contributed by atoms with Crippen LogP contribution in [-0.4, -0.2) is 19.5 Å². The van der Waals surface area contributed by atoms with Crippen molar-refractivity contribution in [2.45, 2.75) is 32.1 Å². The van der Waals surface area contributed by atoms with Gasteiger partial charge in [0.15, 0.2) is 0 Å². The van der Waals surface area contributed by atoms with Gasteiger partial charge in [0, 0.05) is 19.6 Å². The minimum atomic E-state index is 0.525. The van der Waals surface area contributed by atoms with Crippen molar-refractivity contribution in [3.05, 3.63) is 0 Å². The third kappa shape index (κ3) is 1.40. The van der Waals surface area contributed by atoms with Gasteiger partial charge in [-0.15, -0.1) is 0 Å². The average molecular weight is 168 g/mol. The molecule has 0 radical (unpaired) electrons. The molecule has 2 aliphatic rings. The topological polar surface area (TPSA) is 26.3 Å². The Morgan fingerprint density at radius 1 is 1.42 bits per heavy atom. The van der Waals surface area contributed by atoms with Crippen LogP contribution in [0.1, 0.15) is 32.1 Å². The fraction of sp³-hybridized carbons (Fsp3) is 0.900. The van der Waals surface area contributed by atoms with Crippen LogP contribution in [0.3, 0.4) is 0 Å². The standard InChI is InChI=1S/C10H16O2/c11-5-2-9-8-10(9)3-1-6-12-7-4-10/h5,9H,1-4,6-8H2. The molecule has 68 valence electrons. The first-order valence-corrected chi connectivity index (χ1v) is 4.89. The number of hydrogen-bond acceptors (Lipinski definition) is 2. The molecule has 2 nitrogen and oxygen atoms in total. The van der Waals surface area contributed by atoms with E-state index in [2.05, 4.69) is 0 Å². The van der Waals surface area contributed by atoms with Crippen LogP contribution in [-0.2, 0) is 9.53 Å². The molecule has 1 heterocycles. The van der Waals surface area contributed by atoms with Gasteiger partial charge in [-0.05, 0) is 37.0 Å². The Hall–Kier alpha value is -0.370. The molecule has 0 aromatic carbocycles. The van der Waals surface area contributed by atoms with Gasteiger partial charge < -0.3 is 9.53 Å². The molecule has 2 heteroatoms. The van der Waals surface area contributed by atoms with Crippen LogP contribution in [0.5, 0.6) is 0 Å². The SMILES string of the molecule is O=CCC1CC12CCCOCC2. The van der Waals surface area contributed by atoms with E-state index < -0.39 is 0 Å². The first kappa shape index (κ1) is 8.24. The predicted molar refractivity (Wildman–Crippen MR) is 45.9 cm³/mol. The van der Waals surface area contributed by atoms with E-state index in [0.29, 0.717) is 11.3 Å². The molecule has 1 aliphatic heterocycles. The van der Waals surface area contributed by atoms with Crippen molar-refractivity contribution >= 4 is 6.29 Å². The van der Waals surface area contributed by atoms with E-state index in [0.717, 1.165) is 25.9 Å². The summed E-state index contributed by atoms with van der Waals surface area (Å²) in [5.41, 5.74) is 0.525. The molecule has 2 atom stereocenters. The molecule has 1 saturated carbocycles. The molecule has 1 aliphatic carbocycles. The third-order valence-corrected chi connectivity index (χ3v) is 3.45. The summed E-state index contributed by atoms with van der Waals surface area (Å²) in [7, 11) is 0. The largest absolute Gasteiger partial charge is 0.381 e. The average Bonchev–Trinajstić information content (AvgIpc) is 2.79. The number of hydrogen-bond donors (Lipinski definition) is 0. The molecule has 1 saturated heterocycles. The van der Waals surface area contributed by atoms with Crippen molar-refractivity contribution in [2.75, 3.05) is 13.2 Å². The summed E-state index contributed by atoms with van der Waals surface area (Å²) >= 11 is 0. The quantitative estimate of drug-likeness (QED) is 0.587. The zero-order valence-corrected chi connectivity index (χ0v) is 7.42. The highest BCUT2D eigenvalue weighted by atomic mass is 16.5.